The van der Waals surface area contributed by atoms with Gasteiger partial charge >= 0.3 is 5.97 Å². The summed E-state index contributed by atoms with van der Waals surface area (Å²) in [5.74, 6) is -0.771. The largest absolute Gasteiger partial charge is 0.455 e. The minimum absolute atomic E-state index is 0.0900. The van der Waals surface area contributed by atoms with Crippen molar-refractivity contribution in [1.29, 1.82) is 0 Å². The van der Waals surface area contributed by atoms with Crippen molar-refractivity contribution in [3.63, 3.8) is 0 Å². The smallest absolute Gasteiger partial charge is 0.309 e. The summed E-state index contributed by atoms with van der Waals surface area (Å²) in [6.07, 6.45) is 0.813. The van der Waals surface area contributed by atoms with Gasteiger partial charge in [-0.2, -0.15) is 0 Å². The lowest BCUT2D eigenvalue weighted by Crippen LogP contribution is -2.59. The Balaban J connectivity index is 1.80. The van der Waals surface area contributed by atoms with E-state index in [0.717, 1.165) is 6.42 Å². The number of carbonyl (C=O) groups is 3. The molecule has 0 aromatic heterocycles. The Kier molecular flexibility index (Phi) is 3.62. The van der Waals surface area contributed by atoms with Crippen molar-refractivity contribution in [2.75, 3.05) is 16.8 Å². The second-order valence-corrected chi connectivity index (χ2v) is 6.69. The summed E-state index contributed by atoms with van der Waals surface area (Å²) in [5.41, 5.74) is 0.135. The van der Waals surface area contributed by atoms with Gasteiger partial charge in [0.25, 0.3) is 5.91 Å². The van der Waals surface area contributed by atoms with Crippen molar-refractivity contribution in [2.24, 2.45) is 11.8 Å². The first-order valence-electron chi connectivity index (χ1n) is 7.72. The molecule has 0 radical (unpaired) electrons. The molecule has 6 heteroatoms. The molecule has 23 heavy (non-hydrogen) atoms. The minimum Gasteiger partial charge on any atom is -0.455 e. The fourth-order valence-electron chi connectivity index (χ4n) is 2.85. The predicted molar refractivity (Wildman–Crippen MR) is 84.9 cm³/mol. The number of ether oxygens (including phenoxy) is 1. The molecule has 0 spiro atoms. The van der Waals surface area contributed by atoms with Gasteiger partial charge in [-0.15, -0.1) is 0 Å². The Hall–Kier alpha value is -2.37. The normalized spacial score (nSPS) is 24.5. The first-order chi connectivity index (χ1) is 10.8. The molecule has 1 aliphatic carbocycles. The molecule has 1 aromatic rings. The average Bonchev–Trinajstić information content (AvgIpc) is 3.22. The van der Waals surface area contributed by atoms with Gasteiger partial charge in [0.05, 0.1) is 17.3 Å². The summed E-state index contributed by atoms with van der Waals surface area (Å²) in [6, 6.07) is 7.08. The van der Waals surface area contributed by atoms with E-state index in [2.05, 4.69) is 5.32 Å². The van der Waals surface area contributed by atoms with Gasteiger partial charge in [-0.05, 0) is 38.3 Å². The van der Waals surface area contributed by atoms with Crippen LogP contribution in [0.2, 0.25) is 0 Å². The zero-order valence-corrected chi connectivity index (χ0v) is 13.5. The summed E-state index contributed by atoms with van der Waals surface area (Å²) < 4.78 is 5.13. The van der Waals surface area contributed by atoms with Gasteiger partial charge in [0, 0.05) is 0 Å². The van der Waals surface area contributed by atoms with E-state index in [-0.39, 0.29) is 24.4 Å². The van der Waals surface area contributed by atoms with E-state index in [4.69, 9.17) is 4.74 Å². The summed E-state index contributed by atoms with van der Waals surface area (Å²) in [5, 5.41) is 2.79. The van der Waals surface area contributed by atoms with Crippen molar-refractivity contribution in [1.82, 2.24) is 0 Å². The van der Waals surface area contributed by atoms with Gasteiger partial charge < -0.3 is 10.1 Å². The number of benzene rings is 1. The number of hydrogen-bond donors (Lipinski definition) is 1. The number of hydrogen-bond acceptors (Lipinski definition) is 4. The second kappa shape index (κ2) is 5.37. The SMILES string of the molecule is C[C@H]1C[C@H]1C(=O)OCC(=O)N1c2ccccc2NC(=O)C1(C)C. The van der Waals surface area contributed by atoms with E-state index in [1.54, 1.807) is 38.1 Å². The van der Waals surface area contributed by atoms with Crippen LogP contribution in [0, 0.1) is 11.8 Å². The number of nitrogens with zero attached hydrogens (tertiary/aromatic N) is 1. The summed E-state index contributed by atoms with van der Waals surface area (Å²) in [7, 11) is 0. The molecule has 1 N–H and O–H groups in total. The molecule has 1 fully saturated rings. The average molecular weight is 316 g/mol. The van der Waals surface area contributed by atoms with Crippen LogP contribution in [0.15, 0.2) is 24.3 Å². The summed E-state index contributed by atoms with van der Waals surface area (Å²) in [4.78, 5) is 38.1. The topological polar surface area (TPSA) is 75.7 Å². The summed E-state index contributed by atoms with van der Waals surface area (Å²) >= 11 is 0. The maximum absolute atomic E-state index is 12.6. The van der Waals surface area contributed by atoms with E-state index in [9.17, 15) is 14.4 Å². The quantitative estimate of drug-likeness (QED) is 0.865. The van der Waals surface area contributed by atoms with Crippen molar-refractivity contribution in [3.05, 3.63) is 24.3 Å². The van der Waals surface area contributed by atoms with Crippen LogP contribution in [0.1, 0.15) is 27.2 Å². The molecule has 1 aliphatic heterocycles. The number of nitrogens with one attached hydrogen (secondary N) is 1. The Morgan fingerprint density at radius 2 is 2.00 bits per heavy atom. The molecule has 1 heterocycles. The van der Waals surface area contributed by atoms with Gasteiger partial charge in [0.1, 0.15) is 5.54 Å². The Bertz CT molecular complexity index is 683. The molecular weight excluding hydrogens is 296 g/mol. The maximum atomic E-state index is 12.6. The standard InChI is InChI=1S/C17H20N2O4/c1-10-8-11(10)15(21)23-9-14(20)19-13-7-5-4-6-12(13)18-16(22)17(19,2)3/h4-7,10-11H,8-9H2,1-3H3,(H,18,22)/t10-,11+/m0/s1. The van der Waals surface area contributed by atoms with Crippen LogP contribution in [0.3, 0.4) is 0 Å². The maximum Gasteiger partial charge on any atom is 0.309 e. The van der Waals surface area contributed by atoms with Crippen LogP contribution in [-0.2, 0) is 19.1 Å². The van der Waals surface area contributed by atoms with Gasteiger partial charge in [-0.25, -0.2) is 0 Å². The minimum atomic E-state index is -1.05. The summed E-state index contributed by atoms with van der Waals surface area (Å²) in [6.45, 7) is 4.96. The molecule has 122 valence electrons. The van der Waals surface area contributed by atoms with Crippen LogP contribution in [0.5, 0.6) is 0 Å². The highest BCUT2D eigenvalue weighted by molar-refractivity contribution is 6.14. The van der Waals surface area contributed by atoms with Crippen molar-refractivity contribution in [2.45, 2.75) is 32.7 Å². The molecule has 6 nitrogen and oxygen atoms in total. The molecule has 2 atom stereocenters. The highest BCUT2D eigenvalue weighted by Gasteiger charge is 2.45. The van der Waals surface area contributed by atoms with Gasteiger partial charge in [-0.1, -0.05) is 19.1 Å². The third kappa shape index (κ3) is 2.69. The Morgan fingerprint density at radius 1 is 1.35 bits per heavy atom. The van der Waals surface area contributed by atoms with E-state index in [0.29, 0.717) is 17.3 Å². The molecule has 0 bridgehead atoms. The number of para-hydroxylation sites is 2. The number of esters is 1. The van der Waals surface area contributed by atoms with Crippen molar-refractivity contribution >= 4 is 29.2 Å². The molecular formula is C17H20N2O4. The zero-order valence-electron chi connectivity index (χ0n) is 13.5. The number of anilines is 2. The molecule has 1 aromatic carbocycles. The Morgan fingerprint density at radius 3 is 2.65 bits per heavy atom. The molecule has 2 aliphatic rings. The third-order valence-corrected chi connectivity index (χ3v) is 4.51. The predicted octanol–water partition coefficient (Wildman–Crippen LogP) is 1.95. The molecule has 3 rings (SSSR count). The highest BCUT2D eigenvalue weighted by Crippen LogP contribution is 2.39. The second-order valence-electron chi connectivity index (χ2n) is 6.69. The van der Waals surface area contributed by atoms with E-state index in [1.165, 1.54) is 4.90 Å². The van der Waals surface area contributed by atoms with Crippen LogP contribution >= 0.6 is 0 Å². The van der Waals surface area contributed by atoms with E-state index < -0.39 is 11.4 Å². The van der Waals surface area contributed by atoms with Crippen LogP contribution in [0.25, 0.3) is 0 Å². The Labute approximate surface area is 134 Å². The van der Waals surface area contributed by atoms with Crippen molar-refractivity contribution < 1.29 is 19.1 Å². The van der Waals surface area contributed by atoms with Crippen LogP contribution in [-0.4, -0.2) is 29.9 Å². The van der Waals surface area contributed by atoms with Gasteiger partial charge in [0.2, 0.25) is 5.91 Å². The molecule has 0 saturated heterocycles. The zero-order chi connectivity index (χ0) is 16.8. The van der Waals surface area contributed by atoms with Crippen LogP contribution in [0.4, 0.5) is 11.4 Å². The number of fused-ring (bicyclic) bond motifs is 1. The molecule has 0 unspecified atom stereocenters. The monoisotopic (exact) mass is 316 g/mol. The molecule has 2 amide bonds. The highest BCUT2D eigenvalue weighted by atomic mass is 16.5. The number of rotatable bonds is 3. The van der Waals surface area contributed by atoms with E-state index >= 15 is 0 Å². The van der Waals surface area contributed by atoms with E-state index in [1.807, 2.05) is 6.92 Å². The fourth-order valence-corrected chi connectivity index (χ4v) is 2.85. The lowest BCUT2D eigenvalue weighted by molar-refractivity contribution is -0.149. The lowest BCUT2D eigenvalue weighted by atomic mass is 9.96. The van der Waals surface area contributed by atoms with Gasteiger partial charge in [0.15, 0.2) is 6.61 Å². The first-order valence-corrected chi connectivity index (χ1v) is 7.72. The van der Waals surface area contributed by atoms with Crippen LogP contribution < -0.4 is 10.2 Å². The first kappa shape index (κ1) is 15.5. The van der Waals surface area contributed by atoms with Crippen molar-refractivity contribution in [3.8, 4) is 0 Å². The molecule has 1 saturated carbocycles. The van der Waals surface area contributed by atoms with Gasteiger partial charge in [-0.3, -0.25) is 19.3 Å². The fraction of sp³-hybridized carbons (Fsp3) is 0.471. The lowest BCUT2D eigenvalue weighted by Gasteiger charge is -2.41. The number of carbonyl (C=O) groups excluding carboxylic acids is 3. The third-order valence-electron chi connectivity index (χ3n) is 4.51. The number of amides is 2.